The van der Waals surface area contributed by atoms with Gasteiger partial charge in [0.05, 0.1) is 32.7 Å². The van der Waals surface area contributed by atoms with Crippen LogP contribution in [0.5, 0.6) is 0 Å². The molecule has 0 aromatic heterocycles. The second-order valence-corrected chi connectivity index (χ2v) is 3.13. The van der Waals surface area contributed by atoms with Crippen molar-refractivity contribution in [3.63, 3.8) is 0 Å². The zero-order valence-electron chi connectivity index (χ0n) is 6.86. The highest BCUT2D eigenvalue weighted by molar-refractivity contribution is 6.58. The largest absolute Gasteiger partial charge is 0.531 e. The van der Waals surface area contributed by atoms with Crippen LogP contribution in [0.2, 0.25) is 0 Å². The minimum atomic E-state index is -4.63. The third-order valence-electron chi connectivity index (χ3n) is 1.94. The molecule has 0 aliphatic carbocycles. The lowest BCUT2D eigenvalue weighted by Crippen LogP contribution is -3.14. The predicted molar refractivity (Wildman–Crippen MR) is 40.1 cm³/mol. The summed E-state index contributed by atoms with van der Waals surface area (Å²) in [6.07, 6.45) is 0.0743. The predicted octanol–water partition coefficient (Wildman–Crippen LogP) is -0.322. The number of hydrogen-bond donors (Lipinski definition) is 1. The van der Waals surface area contributed by atoms with E-state index in [0.29, 0.717) is 31.2 Å². The maximum absolute atomic E-state index is 12.0. The van der Waals surface area contributed by atoms with Crippen molar-refractivity contribution in [3.05, 3.63) is 0 Å². The Bertz CT molecular complexity index is 133. The molecule has 0 amide bonds. The summed E-state index contributed by atoms with van der Waals surface area (Å²) in [4.78, 5) is 0.611. The van der Waals surface area contributed by atoms with Gasteiger partial charge in [0.1, 0.15) is 0 Å². The zero-order chi connectivity index (χ0) is 9.03. The second kappa shape index (κ2) is 4.14. The van der Waals surface area contributed by atoms with Crippen LogP contribution in [0.4, 0.5) is 12.9 Å². The summed E-state index contributed by atoms with van der Waals surface area (Å²) in [7, 11) is 0. The van der Waals surface area contributed by atoms with Gasteiger partial charge < -0.3 is 22.6 Å². The highest BCUT2D eigenvalue weighted by Crippen LogP contribution is 2.03. The van der Waals surface area contributed by atoms with Crippen LogP contribution < -0.4 is 4.90 Å². The molecule has 1 N–H and O–H groups in total. The van der Waals surface area contributed by atoms with Crippen molar-refractivity contribution in [1.82, 2.24) is 0 Å². The Labute approximate surface area is 69.7 Å². The van der Waals surface area contributed by atoms with Crippen LogP contribution in [0.15, 0.2) is 0 Å². The van der Waals surface area contributed by atoms with E-state index in [-0.39, 0.29) is 0 Å². The molecule has 0 radical (unpaired) electrons. The molecule has 0 spiro atoms. The molecule has 1 unspecified atom stereocenters. The van der Waals surface area contributed by atoms with Crippen LogP contribution in [-0.4, -0.2) is 39.7 Å². The monoisotopic (exact) mass is 183 g/mol. The minimum Gasteiger partial charge on any atom is -0.445 e. The van der Waals surface area contributed by atoms with E-state index in [1.807, 2.05) is 0 Å². The summed E-state index contributed by atoms with van der Waals surface area (Å²) >= 11 is 0. The molecule has 0 aromatic carbocycles. The van der Waals surface area contributed by atoms with E-state index in [1.54, 1.807) is 0 Å². The SMILES string of the molecule is F[B-](F)(F)C[NH+]1CCCOCC1. The molecular weight excluding hydrogens is 170 g/mol. The smallest absolute Gasteiger partial charge is 0.445 e. The van der Waals surface area contributed by atoms with Crippen LogP contribution >= 0.6 is 0 Å². The first-order chi connectivity index (χ1) is 5.58. The molecule has 72 valence electrons. The van der Waals surface area contributed by atoms with Crippen LogP contribution in [0.3, 0.4) is 0 Å². The minimum absolute atomic E-state index is 0.460. The first kappa shape index (κ1) is 9.86. The van der Waals surface area contributed by atoms with Crippen molar-refractivity contribution < 1.29 is 22.6 Å². The number of quaternary nitrogens is 1. The summed E-state index contributed by atoms with van der Waals surface area (Å²) in [5.41, 5.74) is 0. The average molecular weight is 183 g/mol. The highest BCUT2D eigenvalue weighted by Gasteiger charge is 2.30. The lowest BCUT2D eigenvalue weighted by atomic mass is 9.91. The lowest BCUT2D eigenvalue weighted by molar-refractivity contribution is -0.889. The molecule has 0 bridgehead atoms. The molecule has 1 saturated heterocycles. The van der Waals surface area contributed by atoms with Crippen LogP contribution in [0, 0.1) is 0 Å². The topological polar surface area (TPSA) is 13.7 Å². The maximum atomic E-state index is 12.0. The average Bonchev–Trinajstić information content (AvgIpc) is 2.12. The molecule has 2 nitrogen and oxygen atoms in total. The highest BCUT2D eigenvalue weighted by atomic mass is 19.4. The number of hydrogen-bond acceptors (Lipinski definition) is 1. The first-order valence-electron chi connectivity index (χ1n) is 4.20. The maximum Gasteiger partial charge on any atom is 0.531 e. The van der Waals surface area contributed by atoms with Crippen molar-refractivity contribution in [2.24, 2.45) is 0 Å². The number of ether oxygens (including phenoxy) is 1. The van der Waals surface area contributed by atoms with Crippen molar-refractivity contribution in [3.8, 4) is 0 Å². The number of nitrogens with one attached hydrogen (secondary N) is 1. The normalized spacial score (nSPS) is 26.8. The van der Waals surface area contributed by atoms with Gasteiger partial charge in [-0.15, -0.1) is 0 Å². The fourth-order valence-corrected chi connectivity index (χ4v) is 1.40. The van der Waals surface area contributed by atoms with Gasteiger partial charge in [-0.25, -0.2) is 0 Å². The summed E-state index contributed by atoms with van der Waals surface area (Å²) < 4.78 is 41.0. The lowest BCUT2D eigenvalue weighted by Gasteiger charge is -2.22. The van der Waals surface area contributed by atoms with E-state index < -0.39 is 13.4 Å². The summed E-state index contributed by atoms with van der Waals surface area (Å²) in [5.74, 6) is 0. The molecule has 1 fully saturated rings. The number of halogens is 3. The molecule has 1 rings (SSSR count). The van der Waals surface area contributed by atoms with Crippen LogP contribution in [0.1, 0.15) is 6.42 Å². The molecule has 1 aliphatic rings. The van der Waals surface area contributed by atoms with Gasteiger partial charge in [0.2, 0.25) is 0 Å². The van der Waals surface area contributed by atoms with Gasteiger partial charge in [0.25, 0.3) is 0 Å². The Hall–Kier alpha value is -0.225. The third-order valence-corrected chi connectivity index (χ3v) is 1.94. The van der Waals surface area contributed by atoms with Gasteiger partial charge in [-0.3, -0.25) is 0 Å². The third kappa shape index (κ3) is 3.97. The quantitative estimate of drug-likeness (QED) is 0.579. The van der Waals surface area contributed by atoms with E-state index >= 15 is 0 Å². The van der Waals surface area contributed by atoms with Gasteiger partial charge in [-0.1, -0.05) is 0 Å². The Morgan fingerprint density at radius 1 is 1.17 bits per heavy atom. The van der Waals surface area contributed by atoms with Crippen LogP contribution in [0.25, 0.3) is 0 Å². The van der Waals surface area contributed by atoms with E-state index in [2.05, 4.69) is 0 Å². The van der Waals surface area contributed by atoms with Gasteiger partial charge in [-0.05, 0) is 0 Å². The summed E-state index contributed by atoms with van der Waals surface area (Å²) in [5, 5.41) is 0. The van der Waals surface area contributed by atoms with Crippen molar-refractivity contribution in [1.29, 1.82) is 0 Å². The molecule has 1 atom stereocenters. The molecule has 6 heteroatoms. The van der Waals surface area contributed by atoms with Gasteiger partial charge in [0, 0.05) is 6.42 Å². The van der Waals surface area contributed by atoms with E-state index in [4.69, 9.17) is 4.74 Å². The summed E-state index contributed by atoms with van der Waals surface area (Å²) in [6, 6.07) is 0. The summed E-state index contributed by atoms with van der Waals surface area (Å²) in [6.45, 7) is -2.50. The van der Waals surface area contributed by atoms with Crippen molar-refractivity contribution >= 4 is 6.98 Å². The molecule has 1 heterocycles. The van der Waals surface area contributed by atoms with Gasteiger partial charge in [0.15, 0.2) is 0 Å². The molecule has 1 aliphatic heterocycles. The first-order valence-corrected chi connectivity index (χ1v) is 4.20. The zero-order valence-corrected chi connectivity index (χ0v) is 6.86. The van der Waals surface area contributed by atoms with Gasteiger partial charge >= 0.3 is 6.98 Å². The Balaban J connectivity index is 2.30. The fraction of sp³-hybridized carbons (Fsp3) is 1.00. The Morgan fingerprint density at radius 3 is 2.58 bits per heavy atom. The number of rotatable bonds is 2. The second-order valence-electron chi connectivity index (χ2n) is 3.13. The molecule has 0 saturated carbocycles. The Kier molecular flexibility index (Phi) is 3.40. The van der Waals surface area contributed by atoms with Crippen LogP contribution in [-0.2, 0) is 4.74 Å². The Morgan fingerprint density at radius 2 is 1.92 bits per heavy atom. The van der Waals surface area contributed by atoms with E-state index in [0.717, 1.165) is 6.42 Å². The molecule has 12 heavy (non-hydrogen) atoms. The van der Waals surface area contributed by atoms with E-state index in [9.17, 15) is 12.9 Å². The van der Waals surface area contributed by atoms with E-state index in [1.165, 1.54) is 0 Å². The van der Waals surface area contributed by atoms with Crippen molar-refractivity contribution in [2.45, 2.75) is 6.42 Å². The fourth-order valence-electron chi connectivity index (χ4n) is 1.40. The standard InChI is InChI=1S/C6H12BF3NO/c8-7(9,10)6-11-2-1-4-12-5-3-11/h1-6H2/q-1/p+1. The van der Waals surface area contributed by atoms with Gasteiger partial charge in [-0.2, -0.15) is 0 Å². The molecule has 0 aromatic rings. The van der Waals surface area contributed by atoms with Crippen molar-refractivity contribution in [2.75, 3.05) is 32.7 Å². The molecular formula is C6H13BF3NO.